The zero-order chi connectivity index (χ0) is 13.2. The van der Waals surface area contributed by atoms with E-state index in [1.54, 1.807) is 0 Å². The monoisotopic (exact) mass is 251 g/mol. The van der Waals surface area contributed by atoms with Gasteiger partial charge in [-0.3, -0.25) is 4.79 Å². The van der Waals surface area contributed by atoms with E-state index in [9.17, 15) is 4.79 Å². The molecular weight excluding hydrogens is 234 g/mol. The van der Waals surface area contributed by atoms with Crippen molar-refractivity contribution in [3.8, 4) is 0 Å². The van der Waals surface area contributed by atoms with Gasteiger partial charge in [0.15, 0.2) is 0 Å². The number of carbonyl (C=O) groups is 1. The van der Waals surface area contributed by atoms with Crippen molar-refractivity contribution in [1.82, 2.24) is 0 Å². The van der Waals surface area contributed by atoms with E-state index in [-0.39, 0.29) is 11.9 Å². The molecule has 2 aromatic carbocycles. The van der Waals surface area contributed by atoms with Crippen molar-refractivity contribution >= 4 is 11.6 Å². The second-order valence-electron chi connectivity index (χ2n) is 5.06. The van der Waals surface area contributed by atoms with Gasteiger partial charge in [0.05, 0.1) is 6.04 Å². The third kappa shape index (κ3) is 2.26. The van der Waals surface area contributed by atoms with Crippen LogP contribution in [-0.4, -0.2) is 5.91 Å². The summed E-state index contributed by atoms with van der Waals surface area (Å²) < 4.78 is 0. The number of nitrogens with zero attached hydrogens (tertiary/aromatic N) is 1. The molecule has 1 aliphatic heterocycles. The molecule has 1 saturated heterocycles. The molecule has 0 bridgehead atoms. The zero-order valence-corrected chi connectivity index (χ0v) is 11.0. The number of hydrogen-bond acceptors (Lipinski definition) is 1. The first kappa shape index (κ1) is 12.0. The second-order valence-corrected chi connectivity index (χ2v) is 5.06. The normalized spacial score (nSPS) is 18.9. The van der Waals surface area contributed by atoms with Crippen molar-refractivity contribution in [2.75, 3.05) is 4.90 Å². The minimum absolute atomic E-state index is 0.176. The molecule has 0 aliphatic carbocycles. The molecule has 0 saturated carbocycles. The van der Waals surface area contributed by atoms with Crippen molar-refractivity contribution in [2.45, 2.75) is 25.8 Å². The minimum Gasteiger partial charge on any atom is -0.305 e. The first-order chi connectivity index (χ1) is 9.25. The van der Waals surface area contributed by atoms with Gasteiger partial charge in [-0.1, -0.05) is 48.0 Å². The highest BCUT2D eigenvalue weighted by atomic mass is 16.2. The molecule has 2 nitrogen and oxygen atoms in total. The summed E-state index contributed by atoms with van der Waals surface area (Å²) in [7, 11) is 0. The summed E-state index contributed by atoms with van der Waals surface area (Å²) in [5, 5.41) is 0. The summed E-state index contributed by atoms with van der Waals surface area (Å²) in [4.78, 5) is 14.1. The van der Waals surface area contributed by atoms with Gasteiger partial charge in [0.2, 0.25) is 5.91 Å². The first-order valence-corrected chi connectivity index (χ1v) is 6.69. The maximum atomic E-state index is 12.2. The van der Waals surface area contributed by atoms with Gasteiger partial charge in [-0.2, -0.15) is 0 Å². The molecule has 1 fully saturated rings. The Morgan fingerprint density at radius 2 is 1.68 bits per heavy atom. The van der Waals surface area contributed by atoms with Crippen molar-refractivity contribution < 1.29 is 4.79 Å². The Hall–Kier alpha value is -2.09. The first-order valence-electron chi connectivity index (χ1n) is 6.69. The van der Waals surface area contributed by atoms with Crippen LogP contribution < -0.4 is 4.90 Å². The molecule has 2 aromatic rings. The van der Waals surface area contributed by atoms with Gasteiger partial charge in [0.1, 0.15) is 0 Å². The SMILES string of the molecule is Cc1ccc(C2CCC(=O)N2c2ccccc2)cc1. The van der Waals surface area contributed by atoms with E-state index in [0.717, 1.165) is 12.1 Å². The van der Waals surface area contributed by atoms with Crippen molar-refractivity contribution in [1.29, 1.82) is 0 Å². The summed E-state index contributed by atoms with van der Waals surface area (Å²) in [6.07, 6.45) is 1.53. The van der Waals surface area contributed by atoms with Gasteiger partial charge in [0, 0.05) is 12.1 Å². The van der Waals surface area contributed by atoms with Crippen LogP contribution in [0.1, 0.15) is 30.0 Å². The van der Waals surface area contributed by atoms with E-state index in [4.69, 9.17) is 0 Å². The molecule has 1 aliphatic rings. The van der Waals surface area contributed by atoms with E-state index in [1.807, 2.05) is 35.2 Å². The standard InChI is InChI=1S/C17H17NO/c1-13-7-9-14(10-8-13)16-11-12-17(19)18(16)15-5-3-2-4-6-15/h2-10,16H,11-12H2,1H3. The summed E-state index contributed by atoms with van der Waals surface area (Å²) >= 11 is 0. The molecule has 3 rings (SSSR count). The summed E-state index contributed by atoms with van der Waals surface area (Å²) in [6.45, 7) is 2.08. The van der Waals surface area contributed by atoms with E-state index in [1.165, 1.54) is 11.1 Å². The summed E-state index contributed by atoms with van der Waals surface area (Å²) in [5.74, 6) is 0.219. The summed E-state index contributed by atoms with van der Waals surface area (Å²) in [6, 6.07) is 18.6. The van der Waals surface area contributed by atoms with Crippen LogP contribution in [-0.2, 0) is 4.79 Å². The predicted octanol–water partition coefficient (Wildman–Crippen LogP) is 3.86. The van der Waals surface area contributed by atoms with Crippen LogP contribution in [0, 0.1) is 6.92 Å². The van der Waals surface area contributed by atoms with Gasteiger partial charge in [-0.05, 0) is 31.0 Å². The lowest BCUT2D eigenvalue weighted by Crippen LogP contribution is -2.27. The molecule has 1 heterocycles. The fourth-order valence-electron chi connectivity index (χ4n) is 2.70. The van der Waals surface area contributed by atoms with E-state index < -0.39 is 0 Å². The molecule has 1 amide bonds. The van der Waals surface area contributed by atoms with Crippen LogP contribution in [0.2, 0.25) is 0 Å². The number of benzene rings is 2. The summed E-state index contributed by atoms with van der Waals surface area (Å²) in [5.41, 5.74) is 3.47. The number of amides is 1. The Labute approximate surface area is 113 Å². The fourth-order valence-corrected chi connectivity index (χ4v) is 2.70. The number of para-hydroxylation sites is 1. The smallest absolute Gasteiger partial charge is 0.227 e. The lowest BCUT2D eigenvalue weighted by Gasteiger charge is -2.25. The Kier molecular flexibility index (Phi) is 3.08. The lowest BCUT2D eigenvalue weighted by atomic mass is 10.0. The largest absolute Gasteiger partial charge is 0.305 e. The molecule has 96 valence electrons. The van der Waals surface area contributed by atoms with E-state index >= 15 is 0 Å². The average molecular weight is 251 g/mol. The maximum Gasteiger partial charge on any atom is 0.227 e. The molecule has 0 radical (unpaired) electrons. The van der Waals surface area contributed by atoms with Crippen LogP contribution >= 0.6 is 0 Å². The van der Waals surface area contributed by atoms with Gasteiger partial charge in [0.25, 0.3) is 0 Å². The Bertz CT molecular complexity index is 574. The Balaban J connectivity index is 1.97. The molecule has 1 unspecified atom stereocenters. The van der Waals surface area contributed by atoms with Gasteiger partial charge >= 0.3 is 0 Å². The molecule has 0 aromatic heterocycles. The topological polar surface area (TPSA) is 20.3 Å². The van der Waals surface area contributed by atoms with Crippen LogP contribution in [0.25, 0.3) is 0 Å². The molecule has 1 atom stereocenters. The number of hydrogen-bond donors (Lipinski definition) is 0. The quantitative estimate of drug-likeness (QED) is 0.793. The van der Waals surface area contributed by atoms with Gasteiger partial charge < -0.3 is 4.90 Å². The van der Waals surface area contributed by atoms with Crippen LogP contribution in [0.4, 0.5) is 5.69 Å². The number of carbonyl (C=O) groups excluding carboxylic acids is 1. The van der Waals surface area contributed by atoms with Gasteiger partial charge in [-0.15, -0.1) is 0 Å². The van der Waals surface area contributed by atoms with E-state index in [0.29, 0.717) is 6.42 Å². The van der Waals surface area contributed by atoms with Crippen molar-refractivity contribution in [3.63, 3.8) is 0 Å². The Morgan fingerprint density at radius 1 is 1.00 bits per heavy atom. The average Bonchev–Trinajstić information content (AvgIpc) is 2.82. The van der Waals surface area contributed by atoms with Crippen molar-refractivity contribution in [3.05, 3.63) is 65.7 Å². The number of aryl methyl sites for hydroxylation is 1. The minimum atomic E-state index is 0.176. The third-order valence-electron chi connectivity index (χ3n) is 3.71. The van der Waals surface area contributed by atoms with Crippen molar-refractivity contribution in [2.24, 2.45) is 0 Å². The predicted molar refractivity (Wildman–Crippen MR) is 77.1 cm³/mol. The molecule has 0 N–H and O–H groups in total. The van der Waals surface area contributed by atoms with Gasteiger partial charge in [-0.25, -0.2) is 0 Å². The fraction of sp³-hybridized carbons (Fsp3) is 0.235. The number of anilines is 1. The second kappa shape index (κ2) is 4.88. The highest BCUT2D eigenvalue weighted by Crippen LogP contribution is 2.36. The number of rotatable bonds is 2. The lowest BCUT2D eigenvalue weighted by molar-refractivity contribution is -0.117. The third-order valence-corrected chi connectivity index (χ3v) is 3.71. The molecule has 19 heavy (non-hydrogen) atoms. The highest BCUT2D eigenvalue weighted by Gasteiger charge is 2.32. The highest BCUT2D eigenvalue weighted by molar-refractivity contribution is 5.96. The molecule has 0 spiro atoms. The maximum absolute atomic E-state index is 12.2. The Morgan fingerprint density at radius 3 is 2.37 bits per heavy atom. The van der Waals surface area contributed by atoms with Crippen LogP contribution in [0.3, 0.4) is 0 Å². The molecular formula is C17H17NO. The van der Waals surface area contributed by atoms with Crippen LogP contribution in [0.15, 0.2) is 54.6 Å². The zero-order valence-electron chi connectivity index (χ0n) is 11.0. The van der Waals surface area contributed by atoms with E-state index in [2.05, 4.69) is 31.2 Å². The van der Waals surface area contributed by atoms with Crippen LogP contribution in [0.5, 0.6) is 0 Å². The molecule has 2 heteroatoms.